The monoisotopic (exact) mass is 266 g/mol. The molecule has 106 valence electrons. The smallest absolute Gasteiger partial charge is 0.162 e. The Hall–Kier alpha value is -0.710. The van der Waals surface area contributed by atoms with E-state index in [2.05, 4.69) is 0 Å². The minimum absolute atomic E-state index is 0.101. The van der Waals surface area contributed by atoms with Crippen molar-refractivity contribution in [1.29, 1.82) is 0 Å². The molecular weight excluding hydrogens is 244 g/mol. The van der Waals surface area contributed by atoms with E-state index in [1.807, 2.05) is 20.8 Å². The van der Waals surface area contributed by atoms with Crippen molar-refractivity contribution in [3.63, 3.8) is 0 Å². The molecule has 0 aromatic rings. The zero-order chi connectivity index (χ0) is 13.9. The Balaban J connectivity index is 2.11. The van der Waals surface area contributed by atoms with E-state index in [-0.39, 0.29) is 29.0 Å². The number of Topliss-reactive ketones (excluding diaryl/α,β-unsaturated/α-hetero) is 1. The molecule has 4 nitrogen and oxygen atoms in total. The van der Waals surface area contributed by atoms with Crippen molar-refractivity contribution in [3.8, 4) is 0 Å². The van der Waals surface area contributed by atoms with E-state index in [0.717, 1.165) is 17.6 Å². The minimum atomic E-state index is -0.863. The van der Waals surface area contributed by atoms with Crippen molar-refractivity contribution in [1.82, 2.24) is 0 Å². The van der Waals surface area contributed by atoms with Gasteiger partial charge in [0.15, 0.2) is 6.29 Å². The summed E-state index contributed by atoms with van der Waals surface area (Å²) in [7, 11) is 0. The molecule has 5 atom stereocenters. The number of ether oxygens (including phenoxy) is 1. The summed E-state index contributed by atoms with van der Waals surface area (Å²) in [5.74, 6) is -0.340. The maximum Gasteiger partial charge on any atom is 0.162 e. The molecule has 1 saturated heterocycles. The summed E-state index contributed by atoms with van der Waals surface area (Å²) >= 11 is 0. The third-order valence-electron chi connectivity index (χ3n) is 5.27. The van der Waals surface area contributed by atoms with E-state index in [1.54, 1.807) is 0 Å². The van der Waals surface area contributed by atoms with Gasteiger partial charge in [-0.2, -0.15) is 0 Å². The predicted octanol–water partition coefficient (Wildman–Crippen LogP) is 1.26. The summed E-state index contributed by atoms with van der Waals surface area (Å²) in [4.78, 5) is 12.3. The lowest BCUT2D eigenvalue weighted by Crippen LogP contribution is -2.34. The van der Waals surface area contributed by atoms with Crippen molar-refractivity contribution < 1.29 is 19.7 Å². The average Bonchev–Trinajstić information content (AvgIpc) is 2.75. The molecule has 1 saturated carbocycles. The van der Waals surface area contributed by atoms with Crippen LogP contribution in [-0.2, 0) is 9.53 Å². The minimum Gasteiger partial charge on any atom is -0.392 e. The third-order valence-corrected chi connectivity index (χ3v) is 5.27. The first-order valence-corrected chi connectivity index (χ1v) is 7.05. The SMILES string of the molecule is C[C@H]1C(=O)C[C@H]2C(=C3CC(C)(C)[C@H](O)[C@H]31)CO[C@H]2O. The first kappa shape index (κ1) is 13.3. The van der Waals surface area contributed by atoms with Gasteiger partial charge < -0.3 is 14.9 Å². The molecule has 0 aromatic carbocycles. The van der Waals surface area contributed by atoms with Gasteiger partial charge in [-0.15, -0.1) is 0 Å². The van der Waals surface area contributed by atoms with Gasteiger partial charge in [-0.25, -0.2) is 0 Å². The molecule has 0 unspecified atom stereocenters. The fourth-order valence-corrected chi connectivity index (χ4v) is 4.02. The van der Waals surface area contributed by atoms with Crippen LogP contribution in [-0.4, -0.2) is 35.0 Å². The van der Waals surface area contributed by atoms with Gasteiger partial charge in [0.25, 0.3) is 0 Å². The molecule has 0 spiro atoms. The topological polar surface area (TPSA) is 66.8 Å². The quantitative estimate of drug-likeness (QED) is 0.648. The van der Waals surface area contributed by atoms with Crippen LogP contribution in [0.2, 0.25) is 0 Å². The lowest BCUT2D eigenvalue weighted by molar-refractivity contribution is -0.129. The molecule has 2 N–H and O–H groups in total. The van der Waals surface area contributed by atoms with Gasteiger partial charge in [-0.1, -0.05) is 26.3 Å². The highest BCUT2D eigenvalue weighted by atomic mass is 16.6. The molecule has 0 amide bonds. The van der Waals surface area contributed by atoms with Crippen molar-refractivity contribution in [2.24, 2.45) is 23.2 Å². The van der Waals surface area contributed by atoms with Crippen molar-refractivity contribution in [2.45, 2.75) is 46.0 Å². The largest absolute Gasteiger partial charge is 0.392 e. The molecule has 2 fully saturated rings. The predicted molar refractivity (Wildman–Crippen MR) is 69.2 cm³/mol. The van der Waals surface area contributed by atoms with Crippen molar-refractivity contribution >= 4 is 5.78 Å². The Morgan fingerprint density at radius 1 is 1.26 bits per heavy atom. The van der Waals surface area contributed by atoms with Gasteiger partial charge in [-0.05, 0) is 17.4 Å². The van der Waals surface area contributed by atoms with Crippen LogP contribution in [0.4, 0.5) is 0 Å². The van der Waals surface area contributed by atoms with Gasteiger partial charge >= 0.3 is 0 Å². The fourth-order valence-electron chi connectivity index (χ4n) is 4.02. The number of ketones is 1. The van der Waals surface area contributed by atoms with Gasteiger partial charge in [0, 0.05) is 24.2 Å². The second-order valence-corrected chi connectivity index (χ2v) is 6.95. The van der Waals surface area contributed by atoms with Crippen LogP contribution >= 0.6 is 0 Å². The van der Waals surface area contributed by atoms with Crippen molar-refractivity contribution in [2.75, 3.05) is 6.61 Å². The van der Waals surface area contributed by atoms with E-state index in [9.17, 15) is 15.0 Å². The van der Waals surface area contributed by atoms with Crippen LogP contribution in [0.5, 0.6) is 0 Å². The summed E-state index contributed by atoms with van der Waals surface area (Å²) in [5.41, 5.74) is 2.02. The highest BCUT2D eigenvalue weighted by Crippen LogP contribution is 2.53. The Labute approximate surface area is 113 Å². The molecule has 2 aliphatic carbocycles. The highest BCUT2D eigenvalue weighted by molar-refractivity contribution is 5.83. The number of fused-ring (bicyclic) bond motifs is 2. The molecular formula is C15H22O4. The molecule has 0 bridgehead atoms. The molecule has 3 rings (SSSR count). The zero-order valence-corrected chi connectivity index (χ0v) is 11.7. The Kier molecular flexibility index (Phi) is 2.89. The number of hydrogen-bond donors (Lipinski definition) is 2. The molecule has 1 heterocycles. The summed E-state index contributed by atoms with van der Waals surface area (Å²) in [6.45, 7) is 6.39. The molecule has 3 aliphatic rings. The van der Waals surface area contributed by atoms with Gasteiger partial charge in [0.2, 0.25) is 0 Å². The Morgan fingerprint density at radius 3 is 2.63 bits per heavy atom. The lowest BCUT2D eigenvalue weighted by atomic mass is 9.81. The summed E-state index contributed by atoms with van der Waals surface area (Å²) in [6, 6.07) is 0. The van der Waals surface area contributed by atoms with E-state index >= 15 is 0 Å². The summed E-state index contributed by atoms with van der Waals surface area (Å²) < 4.78 is 5.31. The van der Waals surface area contributed by atoms with E-state index in [0.29, 0.717) is 13.0 Å². The maximum atomic E-state index is 12.3. The first-order chi connectivity index (χ1) is 8.83. The molecule has 1 aliphatic heterocycles. The normalized spacial score (nSPS) is 45.1. The fraction of sp³-hybridized carbons (Fsp3) is 0.800. The van der Waals surface area contributed by atoms with Crippen LogP contribution < -0.4 is 0 Å². The standard InChI is InChI=1S/C15H22O4/c1-7-11(16)4-8-10(6-19-14(8)18)9-5-15(2,3)13(17)12(7)9/h7-8,12-14,17-18H,4-6H2,1-3H3/t7-,8-,12-,13+,14+/m0/s1. The van der Waals surface area contributed by atoms with E-state index < -0.39 is 12.4 Å². The number of carbonyl (C=O) groups excluding carboxylic acids is 1. The molecule has 4 heteroatoms. The molecule has 19 heavy (non-hydrogen) atoms. The number of rotatable bonds is 0. The molecule has 0 radical (unpaired) electrons. The summed E-state index contributed by atoms with van der Waals surface area (Å²) in [6.07, 6.45) is -0.230. The number of aliphatic hydroxyl groups is 2. The highest BCUT2D eigenvalue weighted by Gasteiger charge is 2.52. The summed E-state index contributed by atoms with van der Waals surface area (Å²) in [5, 5.41) is 20.5. The maximum absolute atomic E-state index is 12.3. The third kappa shape index (κ3) is 1.81. The van der Waals surface area contributed by atoms with Crippen molar-refractivity contribution in [3.05, 3.63) is 11.1 Å². The second-order valence-electron chi connectivity index (χ2n) is 6.95. The number of aliphatic hydroxyl groups excluding tert-OH is 2. The average molecular weight is 266 g/mol. The van der Waals surface area contributed by atoms with E-state index in [1.165, 1.54) is 0 Å². The van der Waals surface area contributed by atoms with Crippen LogP contribution in [0.15, 0.2) is 11.1 Å². The van der Waals surface area contributed by atoms with Gasteiger partial charge in [-0.3, -0.25) is 4.79 Å². The van der Waals surface area contributed by atoms with E-state index in [4.69, 9.17) is 4.74 Å². The second kappa shape index (κ2) is 4.14. The number of hydrogen-bond acceptors (Lipinski definition) is 4. The van der Waals surface area contributed by atoms with Gasteiger partial charge in [0.1, 0.15) is 5.78 Å². The zero-order valence-electron chi connectivity index (χ0n) is 11.7. The van der Waals surface area contributed by atoms with Crippen LogP contribution in [0, 0.1) is 23.2 Å². The van der Waals surface area contributed by atoms with Crippen LogP contribution in [0.25, 0.3) is 0 Å². The molecule has 0 aromatic heterocycles. The lowest BCUT2D eigenvalue weighted by Gasteiger charge is -2.28. The Bertz CT molecular complexity index is 451. The Morgan fingerprint density at radius 2 is 1.95 bits per heavy atom. The van der Waals surface area contributed by atoms with Gasteiger partial charge in [0.05, 0.1) is 12.7 Å². The number of carbonyl (C=O) groups is 1. The van der Waals surface area contributed by atoms with Crippen LogP contribution in [0.3, 0.4) is 0 Å². The van der Waals surface area contributed by atoms with Crippen LogP contribution in [0.1, 0.15) is 33.6 Å². The first-order valence-electron chi connectivity index (χ1n) is 7.05.